The van der Waals surface area contributed by atoms with Crippen LogP contribution in [0.1, 0.15) is 19.3 Å². The van der Waals surface area contributed by atoms with Crippen molar-refractivity contribution in [2.45, 2.75) is 25.3 Å². The van der Waals surface area contributed by atoms with Crippen molar-refractivity contribution in [2.75, 3.05) is 5.75 Å². The average Bonchev–Trinajstić information content (AvgIpc) is 2.10. The van der Waals surface area contributed by atoms with Gasteiger partial charge in [-0.1, -0.05) is 0 Å². The van der Waals surface area contributed by atoms with Crippen LogP contribution < -0.4 is 5.73 Å². The second-order valence-corrected chi connectivity index (χ2v) is 4.56. The summed E-state index contributed by atoms with van der Waals surface area (Å²) in [5.74, 6) is -0.402. The Hall–Kier alpha value is 0.130. The summed E-state index contributed by atoms with van der Waals surface area (Å²) in [6.07, 6.45) is 2.20. The first-order valence-electron chi connectivity index (χ1n) is 3.65. The van der Waals surface area contributed by atoms with Gasteiger partial charge in [-0.15, -0.1) is 16.3 Å². The molecule has 1 aliphatic rings. The van der Waals surface area contributed by atoms with Crippen LogP contribution in [0, 0.1) is 5.92 Å². The smallest absolute Gasteiger partial charge is 0.302 e. The Labute approximate surface area is 78.1 Å². The van der Waals surface area contributed by atoms with E-state index in [1.54, 1.807) is 0 Å². The Balaban J connectivity index is 0.00000121. The number of hydrogen-bond acceptors (Lipinski definition) is 3. The van der Waals surface area contributed by atoms with Crippen molar-refractivity contribution in [3.8, 4) is 0 Å². The highest BCUT2D eigenvalue weighted by Crippen LogP contribution is 2.25. The van der Waals surface area contributed by atoms with E-state index in [-0.39, 0.29) is 30.1 Å². The van der Waals surface area contributed by atoms with Crippen LogP contribution in [-0.4, -0.2) is 20.2 Å². The van der Waals surface area contributed by atoms with E-state index in [1.807, 2.05) is 0 Å². The molecule has 1 fully saturated rings. The van der Waals surface area contributed by atoms with Crippen LogP contribution in [0.2, 0.25) is 0 Å². The Morgan fingerprint density at radius 2 is 2.00 bits per heavy atom. The first-order valence-corrected chi connectivity index (χ1v) is 5.20. The zero-order valence-electron chi connectivity index (χ0n) is 6.57. The molecule has 1 saturated carbocycles. The van der Waals surface area contributed by atoms with Crippen molar-refractivity contribution in [3.63, 3.8) is 0 Å². The van der Waals surface area contributed by atoms with Gasteiger partial charge in [0.25, 0.3) is 0 Å². The molecule has 2 N–H and O–H groups in total. The van der Waals surface area contributed by atoms with Gasteiger partial charge in [0.1, 0.15) is 0 Å². The second kappa shape index (κ2) is 4.39. The van der Waals surface area contributed by atoms with Crippen LogP contribution in [0.15, 0.2) is 0 Å². The molecule has 0 unspecified atom stereocenters. The Morgan fingerprint density at radius 3 is 2.33 bits per heavy atom. The van der Waals surface area contributed by atoms with Gasteiger partial charge in [-0.05, 0) is 25.2 Å². The molecule has 0 bridgehead atoms. The fourth-order valence-corrected chi connectivity index (χ4v) is 2.41. The van der Waals surface area contributed by atoms with Gasteiger partial charge in [0, 0.05) is 6.04 Å². The highest BCUT2D eigenvalue weighted by atomic mass is 35.5. The number of halogens is 2. The van der Waals surface area contributed by atoms with E-state index in [9.17, 15) is 12.3 Å². The molecule has 6 heteroatoms. The second-order valence-electron chi connectivity index (χ2n) is 3.14. The molecule has 1 rings (SSSR count). The minimum absolute atomic E-state index is 0. The Morgan fingerprint density at radius 1 is 1.42 bits per heavy atom. The van der Waals surface area contributed by atoms with Gasteiger partial charge in [-0.2, -0.15) is 8.42 Å². The summed E-state index contributed by atoms with van der Waals surface area (Å²) < 4.78 is 32.5. The van der Waals surface area contributed by atoms with E-state index in [2.05, 4.69) is 0 Å². The van der Waals surface area contributed by atoms with E-state index < -0.39 is 10.2 Å². The summed E-state index contributed by atoms with van der Waals surface area (Å²) >= 11 is 0. The molecule has 0 heterocycles. The van der Waals surface area contributed by atoms with Gasteiger partial charge < -0.3 is 5.73 Å². The zero-order valence-corrected chi connectivity index (χ0v) is 8.20. The first-order chi connectivity index (χ1) is 4.97. The van der Waals surface area contributed by atoms with E-state index in [0.717, 1.165) is 12.8 Å². The fraction of sp³-hybridized carbons (Fsp3) is 1.00. The Bertz CT molecular complexity index is 232. The van der Waals surface area contributed by atoms with E-state index in [0.29, 0.717) is 6.42 Å². The Kier molecular flexibility index (Phi) is 4.44. The average molecular weight is 218 g/mol. The lowest BCUT2D eigenvalue weighted by molar-refractivity contribution is 0.520. The lowest BCUT2D eigenvalue weighted by Gasteiger charge is -2.03. The van der Waals surface area contributed by atoms with Gasteiger partial charge in [-0.25, -0.2) is 0 Å². The van der Waals surface area contributed by atoms with Crippen molar-refractivity contribution in [3.05, 3.63) is 0 Å². The molecule has 74 valence electrons. The molecule has 0 aliphatic heterocycles. The largest absolute Gasteiger partial charge is 0.328 e. The van der Waals surface area contributed by atoms with Gasteiger partial charge in [0.15, 0.2) is 0 Å². The van der Waals surface area contributed by atoms with Crippen LogP contribution in [-0.2, 0) is 10.2 Å². The third-order valence-electron chi connectivity index (χ3n) is 2.02. The molecule has 0 aromatic heterocycles. The highest BCUT2D eigenvalue weighted by Gasteiger charge is 2.26. The van der Waals surface area contributed by atoms with Crippen LogP contribution in [0.4, 0.5) is 3.89 Å². The third kappa shape index (κ3) is 4.23. The molecule has 1 aliphatic carbocycles. The topological polar surface area (TPSA) is 60.2 Å². The summed E-state index contributed by atoms with van der Waals surface area (Å²) in [5.41, 5.74) is 5.53. The summed E-state index contributed by atoms with van der Waals surface area (Å²) in [6, 6.07) is 0.0711. The normalized spacial score (nSPS) is 29.8. The highest BCUT2D eigenvalue weighted by molar-refractivity contribution is 7.86. The molecule has 0 radical (unpaired) electrons. The van der Waals surface area contributed by atoms with Gasteiger partial charge in [0.2, 0.25) is 0 Å². The van der Waals surface area contributed by atoms with Crippen molar-refractivity contribution in [2.24, 2.45) is 11.7 Å². The maximum Gasteiger partial charge on any atom is 0.302 e. The standard InChI is InChI=1S/C6H12FNO2S.ClH/c7-11(9,10)4-5-1-2-6(8)3-5;/h5-6H,1-4,8H2;1H/t5-,6+;/m0./s1. The quantitative estimate of drug-likeness (QED) is 0.698. The maximum absolute atomic E-state index is 12.1. The van der Waals surface area contributed by atoms with Crippen LogP contribution in [0.5, 0.6) is 0 Å². The predicted molar refractivity (Wildman–Crippen MR) is 47.5 cm³/mol. The summed E-state index contributed by atoms with van der Waals surface area (Å²) in [6.45, 7) is 0. The van der Waals surface area contributed by atoms with Crippen LogP contribution >= 0.6 is 12.4 Å². The lowest BCUT2D eigenvalue weighted by Crippen LogP contribution is -2.16. The monoisotopic (exact) mass is 217 g/mol. The molecule has 0 amide bonds. The summed E-state index contributed by atoms with van der Waals surface area (Å²) in [5, 5.41) is 0. The van der Waals surface area contributed by atoms with Gasteiger partial charge in [-0.3, -0.25) is 0 Å². The first kappa shape index (κ1) is 12.1. The van der Waals surface area contributed by atoms with Crippen LogP contribution in [0.3, 0.4) is 0 Å². The number of rotatable bonds is 2. The maximum atomic E-state index is 12.1. The van der Waals surface area contributed by atoms with Crippen molar-refractivity contribution >= 4 is 22.6 Å². The predicted octanol–water partition coefficient (Wildman–Crippen LogP) is 0.835. The molecule has 0 aromatic rings. The molecule has 0 saturated heterocycles. The molecule has 0 spiro atoms. The minimum atomic E-state index is -4.29. The molecular formula is C6H13ClFNO2S. The fourth-order valence-electron chi connectivity index (χ4n) is 1.55. The van der Waals surface area contributed by atoms with Crippen molar-refractivity contribution in [1.82, 2.24) is 0 Å². The minimum Gasteiger partial charge on any atom is -0.328 e. The lowest BCUT2D eigenvalue weighted by atomic mass is 10.1. The third-order valence-corrected chi connectivity index (χ3v) is 2.89. The van der Waals surface area contributed by atoms with Crippen molar-refractivity contribution in [1.29, 1.82) is 0 Å². The van der Waals surface area contributed by atoms with Gasteiger partial charge >= 0.3 is 10.2 Å². The molecule has 0 aromatic carbocycles. The number of hydrogen-bond donors (Lipinski definition) is 1. The SMILES string of the molecule is Cl.N[C@@H]1CC[C@H](CS(=O)(=O)F)C1. The molecule has 12 heavy (non-hydrogen) atoms. The molecule has 2 atom stereocenters. The van der Waals surface area contributed by atoms with Crippen LogP contribution in [0.25, 0.3) is 0 Å². The molecular weight excluding hydrogens is 205 g/mol. The number of nitrogens with two attached hydrogens (primary N) is 1. The van der Waals surface area contributed by atoms with E-state index in [1.165, 1.54) is 0 Å². The molecule has 3 nitrogen and oxygen atoms in total. The van der Waals surface area contributed by atoms with Gasteiger partial charge in [0.05, 0.1) is 5.75 Å². The zero-order chi connectivity index (χ0) is 8.48. The van der Waals surface area contributed by atoms with E-state index >= 15 is 0 Å². The summed E-state index contributed by atoms with van der Waals surface area (Å²) in [4.78, 5) is 0. The summed E-state index contributed by atoms with van der Waals surface area (Å²) in [7, 11) is -4.29. The van der Waals surface area contributed by atoms with E-state index in [4.69, 9.17) is 5.73 Å². The van der Waals surface area contributed by atoms with Crippen molar-refractivity contribution < 1.29 is 12.3 Å².